The maximum Gasteiger partial charge on any atom is 0.329 e. The second kappa shape index (κ2) is 6.72. The molecular formula is C17H18N2O5S. The summed E-state index contributed by atoms with van der Waals surface area (Å²) in [5.74, 6) is -0.0449. The average Bonchev–Trinajstić information content (AvgIpc) is 3.22. The summed E-state index contributed by atoms with van der Waals surface area (Å²) in [6.07, 6.45) is 0.331. The highest BCUT2D eigenvalue weighted by Crippen LogP contribution is 2.36. The minimum atomic E-state index is -1.27. The molecule has 1 aliphatic rings. The molecule has 25 heavy (non-hydrogen) atoms. The Labute approximate surface area is 148 Å². The van der Waals surface area contributed by atoms with Crippen LogP contribution in [0.4, 0.5) is 0 Å². The van der Waals surface area contributed by atoms with Gasteiger partial charge in [-0.15, -0.1) is 11.3 Å². The van der Waals surface area contributed by atoms with Crippen molar-refractivity contribution in [3.05, 3.63) is 29.3 Å². The fraction of sp³-hybridized carbons (Fsp3) is 0.353. The molecule has 2 heterocycles. The Hall–Kier alpha value is -2.61. The van der Waals surface area contributed by atoms with Crippen molar-refractivity contribution in [1.29, 1.82) is 0 Å². The average molecular weight is 362 g/mol. The fourth-order valence-electron chi connectivity index (χ4n) is 2.36. The Balaban J connectivity index is 1.69. The van der Waals surface area contributed by atoms with E-state index in [-0.39, 0.29) is 19.1 Å². The minimum absolute atomic E-state index is 0.0317. The van der Waals surface area contributed by atoms with E-state index in [2.05, 4.69) is 10.3 Å². The molecule has 0 spiro atoms. The van der Waals surface area contributed by atoms with Crippen LogP contribution in [-0.2, 0) is 16.0 Å². The molecule has 8 heteroatoms. The summed E-state index contributed by atoms with van der Waals surface area (Å²) in [7, 11) is 0. The molecule has 2 aromatic rings. The van der Waals surface area contributed by atoms with Crippen molar-refractivity contribution >= 4 is 23.2 Å². The minimum Gasteiger partial charge on any atom is -0.480 e. The lowest BCUT2D eigenvalue weighted by molar-refractivity contribution is -0.146. The Morgan fingerprint density at radius 3 is 2.84 bits per heavy atom. The van der Waals surface area contributed by atoms with E-state index in [4.69, 9.17) is 9.47 Å². The first-order chi connectivity index (χ1) is 11.9. The van der Waals surface area contributed by atoms with Crippen LogP contribution in [-0.4, -0.2) is 34.3 Å². The summed E-state index contributed by atoms with van der Waals surface area (Å²) in [5, 5.41) is 14.3. The van der Waals surface area contributed by atoms with Gasteiger partial charge in [0.15, 0.2) is 11.5 Å². The molecule has 1 amide bonds. The third kappa shape index (κ3) is 3.58. The number of benzene rings is 1. The molecular weight excluding hydrogens is 344 g/mol. The van der Waals surface area contributed by atoms with Crippen molar-refractivity contribution in [2.75, 3.05) is 6.79 Å². The molecule has 0 bridgehead atoms. The van der Waals surface area contributed by atoms with Crippen LogP contribution in [0.5, 0.6) is 11.5 Å². The van der Waals surface area contributed by atoms with E-state index in [1.807, 2.05) is 18.2 Å². The van der Waals surface area contributed by atoms with E-state index in [1.165, 1.54) is 18.3 Å². The van der Waals surface area contributed by atoms with Gasteiger partial charge in [0.2, 0.25) is 12.7 Å². The van der Waals surface area contributed by atoms with Gasteiger partial charge in [-0.3, -0.25) is 4.79 Å². The summed E-state index contributed by atoms with van der Waals surface area (Å²) in [5.41, 5.74) is 0.205. The number of amides is 1. The van der Waals surface area contributed by atoms with Crippen LogP contribution in [0.3, 0.4) is 0 Å². The van der Waals surface area contributed by atoms with Crippen LogP contribution in [0, 0.1) is 0 Å². The number of hydrogen-bond acceptors (Lipinski definition) is 6. The van der Waals surface area contributed by atoms with Crippen LogP contribution in [0.15, 0.2) is 23.6 Å². The van der Waals surface area contributed by atoms with Crippen molar-refractivity contribution < 1.29 is 24.2 Å². The predicted molar refractivity (Wildman–Crippen MR) is 91.9 cm³/mol. The van der Waals surface area contributed by atoms with Crippen molar-refractivity contribution in [1.82, 2.24) is 10.3 Å². The highest BCUT2D eigenvalue weighted by molar-refractivity contribution is 7.13. The second-order valence-electron chi connectivity index (χ2n) is 5.93. The van der Waals surface area contributed by atoms with Gasteiger partial charge in [0, 0.05) is 10.9 Å². The lowest BCUT2D eigenvalue weighted by Crippen LogP contribution is -2.52. The van der Waals surface area contributed by atoms with Crippen LogP contribution >= 0.6 is 11.3 Å². The van der Waals surface area contributed by atoms with Crippen LogP contribution in [0.2, 0.25) is 0 Å². The normalized spacial score (nSPS) is 14.8. The van der Waals surface area contributed by atoms with E-state index >= 15 is 0 Å². The maximum atomic E-state index is 12.1. The van der Waals surface area contributed by atoms with Crippen molar-refractivity contribution in [3.8, 4) is 22.1 Å². The Morgan fingerprint density at radius 2 is 2.12 bits per heavy atom. The highest BCUT2D eigenvalue weighted by Gasteiger charge is 2.32. The van der Waals surface area contributed by atoms with Crippen molar-refractivity contribution in [3.63, 3.8) is 0 Å². The summed E-state index contributed by atoms with van der Waals surface area (Å²) >= 11 is 1.42. The number of fused-ring (bicyclic) bond motifs is 1. The largest absolute Gasteiger partial charge is 0.480 e. The van der Waals surface area contributed by atoms with Gasteiger partial charge in [-0.2, -0.15) is 0 Å². The van der Waals surface area contributed by atoms with Crippen molar-refractivity contribution in [2.24, 2.45) is 0 Å². The number of carboxylic acids is 1. The fourth-order valence-corrected chi connectivity index (χ4v) is 3.18. The summed E-state index contributed by atoms with van der Waals surface area (Å²) in [6.45, 7) is 3.42. The maximum absolute atomic E-state index is 12.1. The molecule has 1 atom stereocenters. The Kier molecular flexibility index (Phi) is 4.63. The van der Waals surface area contributed by atoms with Gasteiger partial charge in [-0.1, -0.05) is 6.92 Å². The molecule has 1 unspecified atom stereocenters. The number of aromatic nitrogens is 1. The second-order valence-corrected chi connectivity index (χ2v) is 6.79. The van der Waals surface area contributed by atoms with Crippen LogP contribution in [0.1, 0.15) is 26.0 Å². The molecule has 3 rings (SSSR count). The monoisotopic (exact) mass is 362 g/mol. The summed E-state index contributed by atoms with van der Waals surface area (Å²) in [4.78, 5) is 27.9. The molecule has 0 fully saturated rings. The number of carbonyl (C=O) groups excluding carboxylic acids is 1. The van der Waals surface area contributed by atoms with E-state index in [9.17, 15) is 14.7 Å². The standard InChI is InChI=1S/C17H18N2O5S/c1-3-17(2,16(21)22)19-14(20)7-11-8-25-15(18-11)10-4-5-12-13(6-10)24-9-23-12/h4-6,8H,3,7,9H2,1-2H3,(H,19,20)(H,21,22). The first kappa shape index (κ1) is 17.2. The molecule has 132 valence electrons. The lowest BCUT2D eigenvalue weighted by atomic mass is 9.99. The van der Waals surface area contributed by atoms with E-state index in [0.29, 0.717) is 23.6 Å². The smallest absolute Gasteiger partial charge is 0.329 e. The lowest BCUT2D eigenvalue weighted by Gasteiger charge is -2.24. The van der Waals surface area contributed by atoms with Crippen LogP contribution in [0.25, 0.3) is 10.6 Å². The van der Waals surface area contributed by atoms with Gasteiger partial charge in [-0.25, -0.2) is 9.78 Å². The zero-order chi connectivity index (χ0) is 18.0. The topological polar surface area (TPSA) is 97.8 Å². The predicted octanol–water partition coefficient (Wildman–Crippen LogP) is 2.45. The summed E-state index contributed by atoms with van der Waals surface area (Å²) < 4.78 is 10.6. The van der Waals surface area contributed by atoms with Gasteiger partial charge in [0.25, 0.3) is 0 Å². The number of carbonyl (C=O) groups is 2. The zero-order valence-corrected chi connectivity index (χ0v) is 14.7. The van der Waals surface area contributed by atoms with E-state index < -0.39 is 11.5 Å². The molecule has 0 radical (unpaired) electrons. The van der Waals surface area contributed by atoms with Gasteiger partial charge < -0.3 is 19.9 Å². The van der Waals surface area contributed by atoms with E-state index in [1.54, 1.807) is 12.3 Å². The molecule has 1 aliphatic heterocycles. The van der Waals surface area contributed by atoms with E-state index in [0.717, 1.165) is 10.6 Å². The Morgan fingerprint density at radius 1 is 1.36 bits per heavy atom. The first-order valence-corrected chi connectivity index (χ1v) is 8.68. The number of thiazole rings is 1. The number of rotatable bonds is 6. The highest BCUT2D eigenvalue weighted by atomic mass is 32.1. The van der Waals surface area contributed by atoms with Gasteiger partial charge >= 0.3 is 5.97 Å². The molecule has 7 nitrogen and oxygen atoms in total. The number of carboxylic acid groups (broad SMARTS) is 1. The van der Waals surface area contributed by atoms with Crippen molar-refractivity contribution in [2.45, 2.75) is 32.2 Å². The number of hydrogen-bond donors (Lipinski definition) is 2. The molecule has 2 N–H and O–H groups in total. The van der Waals surface area contributed by atoms with Crippen LogP contribution < -0.4 is 14.8 Å². The molecule has 0 saturated heterocycles. The third-order valence-corrected chi connectivity index (χ3v) is 5.05. The van der Waals surface area contributed by atoms with Gasteiger partial charge in [-0.05, 0) is 31.5 Å². The number of ether oxygens (including phenoxy) is 2. The number of nitrogens with one attached hydrogen (secondary N) is 1. The quantitative estimate of drug-likeness (QED) is 0.819. The molecule has 1 aromatic heterocycles. The van der Waals surface area contributed by atoms with Gasteiger partial charge in [0.05, 0.1) is 12.1 Å². The molecule has 0 aliphatic carbocycles. The first-order valence-electron chi connectivity index (χ1n) is 7.80. The third-order valence-electron chi connectivity index (χ3n) is 4.11. The number of nitrogens with zero attached hydrogens (tertiary/aromatic N) is 1. The number of aliphatic carboxylic acids is 1. The van der Waals surface area contributed by atoms with Gasteiger partial charge in [0.1, 0.15) is 10.5 Å². The molecule has 1 aromatic carbocycles. The summed E-state index contributed by atoms with van der Waals surface area (Å²) in [6, 6.07) is 5.56. The molecule has 0 saturated carbocycles. The Bertz CT molecular complexity index is 819. The zero-order valence-electron chi connectivity index (χ0n) is 13.9. The SMILES string of the molecule is CCC(C)(NC(=O)Cc1csc(-c2ccc3c(c2)OCO3)n1)C(=O)O.